The number of carbonyl (C=O) groups excluding carboxylic acids is 8. The van der Waals surface area contributed by atoms with Crippen LogP contribution in [0.15, 0.2) is 92.1 Å². The number of rotatable bonds is 30. The number of ketones is 4. The van der Waals surface area contributed by atoms with Gasteiger partial charge in [-0.3, -0.25) is 48.1 Å². The summed E-state index contributed by atoms with van der Waals surface area (Å²) in [6, 6.07) is 0. The molecule has 4 aliphatic rings. The molecule has 0 radical (unpaired) electrons. The molecule has 0 bridgehead atoms. The van der Waals surface area contributed by atoms with E-state index in [1.165, 1.54) is 0 Å². The van der Waals surface area contributed by atoms with Crippen molar-refractivity contribution < 1.29 is 159 Å². The Bertz CT molecular complexity index is 3130. The molecule has 89 heavy (non-hydrogen) atoms. The summed E-state index contributed by atoms with van der Waals surface area (Å²) in [6.07, 6.45) is -23.8. The average molecular weight is 1380 g/mol. The van der Waals surface area contributed by atoms with Gasteiger partial charge in [-0.15, -0.1) is 0 Å². The number of halogens is 1. The number of hydrogen-bond donors (Lipinski definition) is 17. The normalized spacial score (nSPS) is 22.6. The molecule has 0 saturated carbocycles. The molecule has 17 N–H and O–H groups in total. The smallest absolute Gasteiger partial charge is 0.335 e. The highest BCUT2D eigenvalue weighted by atomic mass is 127. The van der Waals surface area contributed by atoms with E-state index in [2.05, 4.69) is 0 Å². The third-order valence-corrected chi connectivity index (χ3v) is 14.8. The molecule has 0 aromatic carbocycles. The number of hydrogen-bond acceptors (Lipinski definition) is 28. The Morgan fingerprint density at radius 2 is 0.775 bits per heavy atom. The third kappa shape index (κ3) is 17.8. The van der Waals surface area contributed by atoms with E-state index >= 15 is 0 Å². The number of aliphatic hydroxyl groups excluding tert-OH is 13. The van der Waals surface area contributed by atoms with Crippen molar-refractivity contribution in [2.24, 2.45) is 23.7 Å². The van der Waals surface area contributed by atoms with Gasteiger partial charge in [-0.2, -0.15) is 0 Å². The van der Waals surface area contributed by atoms with Gasteiger partial charge in [-0.1, -0.05) is 0 Å². The second-order valence-electron chi connectivity index (χ2n) is 20.3. The Hall–Kier alpha value is -8.19. The maximum absolute atomic E-state index is 14.3. The van der Waals surface area contributed by atoms with E-state index in [1.807, 2.05) is 0 Å². The highest BCUT2D eigenvalue weighted by Gasteiger charge is 2.45. The number of ether oxygens (including phenoxy) is 1. The Morgan fingerprint density at radius 1 is 0.427 bits per heavy atom. The van der Waals surface area contributed by atoms with Gasteiger partial charge in [0.2, 0.25) is 28.9 Å². The summed E-state index contributed by atoms with van der Waals surface area (Å²) in [5.41, 5.74) is -1.22. The number of nitrogens with zero attached hydrogens (tertiary/aromatic N) is 4. The van der Waals surface area contributed by atoms with Crippen LogP contribution in [-0.4, -0.2) is 305 Å². The van der Waals surface area contributed by atoms with Gasteiger partial charge in [0, 0.05) is 81.9 Å². The second-order valence-corrected chi connectivity index (χ2v) is 21.6. The lowest BCUT2D eigenvalue weighted by Gasteiger charge is -2.38. The quantitative estimate of drug-likeness (QED) is 0.0180. The fourth-order valence-corrected chi connectivity index (χ4v) is 9.76. The van der Waals surface area contributed by atoms with E-state index < -0.39 is 234 Å². The van der Waals surface area contributed by atoms with Crippen LogP contribution < -0.4 is 0 Å². The minimum Gasteiger partial charge on any atom is -0.504 e. The number of carboxylic acid groups (broad SMARTS) is 4. The molecule has 16 atom stereocenters. The molecule has 0 aliphatic heterocycles. The number of aliphatic carboxylic acids is 4. The van der Waals surface area contributed by atoms with Gasteiger partial charge in [0.25, 0.3) is 23.6 Å². The van der Waals surface area contributed by atoms with Crippen LogP contribution in [-0.2, 0) is 72.0 Å². The average Bonchev–Trinajstić information content (AvgIpc) is 0.910. The number of carboxylic acids is 4. The Balaban J connectivity index is 1.87. The van der Waals surface area contributed by atoms with E-state index in [9.17, 15) is 134 Å². The first-order chi connectivity index (χ1) is 41.2. The van der Waals surface area contributed by atoms with E-state index in [-0.39, 0.29) is 3.58 Å². The standard InChI is InChI=1S/C52H61IN4O32/c1-54(45(75)37(67)41(71)49(79)80)13-28(63)19-9-33(88-89-34-10-21(23(53)11-27(34)62)29(64)14-55(2)46(76)38(68)42(72)50(81)82)26(61)7-18(19)20-5-17(58)6-35(36(20)31(66)16-57(4)48(78)40(70)44(74)52(85)86)87-32-12-25(60)24(59)8-22(32)30(65)15-56(3)47(77)39(69)43(73)51(83)84/h5-12,19,21-22,28-31,36-44,59,63-74H,13-16H2,1-4H3,(H,79,80)(H,81,82)(H,83,84)(H,85,86)/t19?,21?,22?,28-,29-,30-,31-,36?,37?,38?,39?,40?,41?,42?,43?,44?/m1/s1. The highest BCUT2D eigenvalue weighted by Crippen LogP contribution is 2.43. The van der Waals surface area contributed by atoms with Crippen molar-refractivity contribution in [3.05, 3.63) is 92.1 Å². The predicted molar refractivity (Wildman–Crippen MR) is 292 cm³/mol. The number of carbonyl (C=O) groups is 12. The third-order valence-electron chi connectivity index (χ3n) is 13.8. The number of allylic oxidation sites excluding steroid dienone is 5. The minimum atomic E-state index is -2.76. The van der Waals surface area contributed by atoms with Gasteiger partial charge in [-0.05, 0) is 70.2 Å². The molecule has 0 aromatic heterocycles. The fourth-order valence-electron chi connectivity index (χ4n) is 8.88. The first-order valence-corrected chi connectivity index (χ1v) is 26.7. The van der Waals surface area contributed by atoms with Crippen LogP contribution in [0.2, 0.25) is 0 Å². The van der Waals surface area contributed by atoms with E-state index in [0.717, 1.165) is 46.4 Å². The van der Waals surface area contributed by atoms with Crippen molar-refractivity contribution in [1.82, 2.24) is 19.6 Å². The fraction of sp³-hybridized carbons (Fsp3) is 0.462. The maximum atomic E-state index is 14.3. The molecule has 12 unspecified atom stereocenters. The van der Waals surface area contributed by atoms with E-state index in [0.29, 0.717) is 50.0 Å². The molecule has 488 valence electrons. The lowest BCUT2D eigenvalue weighted by atomic mass is 9.74. The first-order valence-electron chi connectivity index (χ1n) is 25.6. The Morgan fingerprint density at radius 3 is 1.17 bits per heavy atom. The van der Waals surface area contributed by atoms with E-state index in [1.54, 1.807) is 22.6 Å². The maximum Gasteiger partial charge on any atom is 0.335 e. The summed E-state index contributed by atoms with van der Waals surface area (Å²) in [5.74, 6) is -30.3. The first kappa shape index (κ1) is 73.3. The van der Waals surface area contributed by atoms with Crippen molar-refractivity contribution in [1.29, 1.82) is 0 Å². The van der Waals surface area contributed by atoms with Gasteiger partial charge < -0.3 is 111 Å². The predicted octanol–water partition coefficient (Wildman–Crippen LogP) is -8.60. The molecule has 36 nitrogen and oxygen atoms in total. The van der Waals surface area contributed by atoms with Gasteiger partial charge >= 0.3 is 23.9 Å². The van der Waals surface area contributed by atoms with Crippen LogP contribution in [0, 0.1) is 23.7 Å². The largest absolute Gasteiger partial charge is 0.504 e. The van der Waals surface area contributed by atoms with Gasteiger partial charge in [0.05, 0.1) is 36.3 Å². The lowest BCUT2D eigenvalue weighted by Crippen LogP contribution is -2.50. The topological polar surface area (TPSA) is 589 Å². The molecule has 37 heteroatoms. The number of likely N-dealkylation sites (N-methyl/N-ethyl adjacent to an activating group) is 4. The summed E-state index contributed by atoms with van der Waals surface area (Å²) in [7, 11) is 3.66. The summed E-state index contributed by atoms with van der Waals surface area (Å²) in [5, 5.41) is 174. The molecule has 4 amide bonds. The van der Waals surface area contributed by atoms with Crippen molar-refractivity contribution in [2.45, 2.75) is 73.2 Å². The number of aliphatic hydroxyl groups is 13. The summed E-state index contributed by atoms with van der Waals surface area (Å²) in [4.78, 5) is 165. The Kier molecular flexibility index (Phi) is 25.4. The van der Waals surface area contributed by atoms with E-state index in [4.69, 9.17) is 24.7 Å². The van der Waals surface area contributed by atoms with Crippen molar-refractivity contribution in [3.63, 3.8) is 0 Å². The van der Waals surface area contributed by atoms with Crippen LogP contribution in [0.25, 0.3) is 0 Å². The summed E-state index contributed by atoms with van der Waals surface area (Å²) < 4.78 is 6.14. The van der Waals surface area contributed by atoms with Gasteiger partial charge in [0.15, 0.2) is 60.4 Å². The van der Waals surface area contributed by atoms with Crippen LogP contribution in [0.3, 0.4) is 0 Å². The van der Waals surface area contributed by atoms with Crippen molar-refractivity contribution in [3.8, 4) is 0 Å². The zero-order valence-electron chi connectivity index (χ0n) is 46.6. The minimum absolute atomic E-state index is 0.0841. The summed E-state index contributed by atoms with van der Waals surface area (Å²) in [6.45, 7) is -3.76. The Labute approximate surface area is 513 Å². The molecular weight excluding hydrogens is 1320 g/mol. The van der Waals surface area contributed by atoms with Crippen LogP contribution >= 0.6 is 22.6 Å². The molecule has 4 rings (SSSR count). The molecule has 0 aromatic rings. The molecule has 0 spiro atoms. The highest BCUT2D eigenvalue weighted by molar-refractivity contribution is 14.1. The van der Waals surface area contributed by atoms with Crippen molar-refractivity contribution in [2.75, 3.05) is 54.4 Å². The monoisotopic (exact) mass is 1380 g/mol. The molecular formula is C52H61IN4O32. The lowest BCUT2D eigenvalue weighted by molar-refractivity contribution is -0.226. The van der Waals surface area contributed by atoms with Crippen LogP contribution in [0.4, 0.5) is 0 Å². The summed E-state index contributed by atoms with van der Waals surface area (Å²) >= 11 is 1.62. The van der Waals surface area contributed by atoms with Crippen molar-refractivity contribution >= 4 is 93.2 Å². The SMILES string of the molecule is CN(C[C@@H](O)C1C=C(OOC2=CC([C@H](O)CN(C)C(=O)C(O)C(O)C(=O)O)C(C3=CC(=O)C=C(OC4=CC(=O)C(O)=CC4[C@H](O)CN(C)C(=O)C(O)C(O)C(=O)O)C3[C@H](O)CN(C)C(=O)C(O)C(O)C(=O)O)=CC2=O)C(=O)C=C1I)C(=O)C(O)C(O)C(=O)O. The van der Waals surface area contributed by atoms with Gasteiger partial charge in [-0.25, -0.2) is 19.2 Å². The zero-order valence-corrected chi connectivity index (χ0v) is 48.7. The molecule has 0 heterocycles. The second kappa shape index (κ2) is 30.8. The zero-order chi connectivity index (χ0) is 67.7. The van der Waals surface area contributed by atoms with Crippen LogP contribution in [0.5, 0.6) is 0 Å². The van der Waals surface area contributed by atoms with Crippen LogP contribution in [0.1, 0.15) is 0 Å². The molecule has 0 saturated heterocycles. The molecule has 4 aliphatic carbocycles. The number of amides is 4. The molecule has 0 fully saturated rings. The van der Waals surface area contributed by atoms with Gasteiger partial charge in [0.1, 0.15) is 11.5 Å².